The van der Waals surface area contributed by atoms with Crippen LogP contribution in [0.15, 0.2) is 18.2 Å². The van der Waals surface area contributed by atoms with Crippen molar-refractivity contribution in [1.29, 1.82) is 0 Å². The molecule has 10 heteroatoms. The minimum atomic E-state index is -0.773. The summed E-state index contributed by atoms with van der Waals surface area (Å²) in [5.41, 5.74) is 0.636. The van der Waals surface area contributed by atoms with Gasteiger partial charge in [0.1, 0.15) is 18.8 Å². The number of esters is 3. The third-order valence-electron chi connectivity index (χ3n) is 6.09. The predicted octanol–water partition coefficient (Wildman–Crippen LogP) is 4.61. The van der Waals surface area contributed by atoms with E-state index >= 15 is 0 Å². The molecule has 1 aromatic rings. The van der Waals surface area contributed by atoms with Crippen LogP contribution in [-0.4, -0.2) is 56.5 Å². The summed E-state index contributed by atoms with van der Waals surface area (Å²) < 4.78 is 26.2. The number of methoxy groups -OCH3 is 1. The van der Waals surface area contributed by atoms with E-state index in [1.807, 2.05) is 20.8 Å². The van der Waals surface area contributed by atoms with E-state index in [2.05, 4.69) is 5.32 Å². The topological polar surface area (TPSA) is 126 Å². The van der Waals surface area contributed by atoms with Gasteiger partial charge in [-0.1, -0.05) is 47.1 Å². The lowest BCUT2D eigenvalue weighted by Gasteiger charge is -2.19. The smallest absolute Gasteiger partial charge is 0.468 e. The van der Waals surface area contributed by atoms with Crippen molar-refractivity contribution in [2.45, 2.75) is 85.8 Å². The highest BCUT2D eigenvalue weighted by Crippen LogP contribution is 2.31. The van der Waals surface area contributed by atoms with Gasteiger partial charge in [-0.2, -0.15) is 0 Å². The first-order valence-electron chi connectivity index (χ1n) is 13.3. The monoisotopic (exact) mass is 537 g/mol. The highest BCUT2D eigenvalue weighted by atomic mass is 16.7. The quantitative estimate of drug-likeness (QED) is 0.181. The van der Waals surface area contributed by atoms with Gasteiger partial charge in [0, 0.05) is 6.54 Å². The molecule has 0 aliphatic rings. The van der Waals surface area contributed by atoms with E-state index in [1.54, 1.807) is 39.0 Å². The zero-order valence-electron chi connectivity index (χ0n) is 23.7. The van der Waals surface area contributed by atoms with Crippen molar-refractivity contribution in [3.8, 4) is 11.5 Å². The summed E-state index contributed by atoms with van der Waals surface area (Å²) in [7, 11) is 1.27. The maximum Gasteiger partial charge on any atom is 0.508 e. The maximum atomic E-state index is 12.5. The average Bonchev–Trinajstić information content (AvgIpc) is 2.90. The average molecular weight is 538 g/mol. The van der Waals surface area contributed by atoms with Gasteiger partial charge < -0.3 is 29.0 Å². The molecule has 0 fully saturated rings. The number of carbonyl (C=O) groups is 4. The van der Waals surface area contributed by atoms with Crippen molar-refractivity contribution in [1.82, 2.24) is 5.32 Å². The maximum absolute atomic E-state index is 12.5. The molecule has 0 radical (unpaired) electrons. The van der Waals surface area contributed by atoms with Crippen molar-refractivity contribution in [3.63, 3.8) is 0 Å². The Morgan fingerprint density at radius 1 is 0.868 bits per heavy atom. The van der Waals surface area contributed by atoms with Gasteiger partial charge in [0.05, 0.1) is 18.9 Å². The molecule has 0 bridgehead atoms. The van der Waals surface area contributed by atoms with Crippen LogP contribution in [0.5, 0.6) is 11.5 Å². The first-order valence-corrected chi connectivity index (χ1v) is 13.3. The van der Waals surface area contributed by atoms with Gasteiger partial charge in [0.2, 0.25) is 0 Å². The van der Waals surface area contributed by atoms with Crippen LogP contribution in [0, 0.1) is 11.8 Å². The summed E-state index contributed by atoms with van der Waals surface area (Å²) in [6, 6.07) is 4.02. The molecule has 3 unspecified atom stereocenters. The van der Waals surface area contributed by atoms with Crippen LogP contribution in [0.3, 0.4) is 0 Å². The Morgan fingerprint density at radius 3 is 2.03 bits per heavy atom. The van der Waals surface area contributed by atoms with Crippen LogP contribution >= 0.6 is 0 Å². The lowest BCUT2D eigenvalue weighted by Crippen LogP contribution is -2.41. The Labute approximate surface area is 225 Å². The molecule has 0 spiro atoms. The van der Waals surface area contributed by atoms with Crippen molar-refractivity contribution in [2.24, 2.45) is 11.8 Å². The predicted molar refractivity (Wildman–Crippen MR) is 141 cm³/mol. The molecule has 1 aromatic carbocycles. The summed E-state index contributed by atoms with van der Waals surface area (Å²) in [5, 5.41) is 3.01. The van der Waals surface area contributed by atoms with Crippen LogP contribution in [0.25, 0.3) is 0 Å². The Morgan fingerprint density at radius 2 is 1.47 bits per heavy atom. The molecule has 1 rings (SSSR count). The second kappa shape index (κ2) is 17.4. The summed E-state index contributed by atoms with van der Waals surface area (Å²) in [6.07, 6.45) is 1.99. The Bertz CT molecular complexity index is 918. The van der Waals surface area contributed by atoms with E-state index in [1.165, 1.54) is 7.11 Å². The summed E-state index contributed by atoms with van der Waals surface area (Å²) in [4.78, 5) is 49.0. The molecule has 1 N–H and O–H groups in total. The highest BCUT2D eigenvalue weighted by molar-refractivity contribution is 5.79. The minimum absolute atomic E-state index is 0.00650. The Hall–Kier alpha value is -3.14. The number of carbonyl (C=O) groups excluding carboxylic acids is 4. The number of hydrogen-bond acceptors (Lipinski definition) is 10. The lowest BCUT2D eigenvalue weighted by molar-refractivity contribution is -0.143. The zero-order valence-corrected chi connectivity index (χ0v) is 23.7. The van der Waals surface area contributed by atoms with Gasteiger partial charge in [-0.15, -0.1) is 0 Å². The minimum Gasteiger partial charge on any atom is -0.468 e. The van der Waals surface area contributed by atoms with Crippen LogP contribution < -0.4 is 14.8 Å². The van der Waals surface area contributed by atoms with Crippen molar-refractivity contribution >= 4 is 24.1 Å². The van der Waals surface area contributed by atoms with Crippen molar-refractivity contribution in [3.05, 3.63) is 23.8 Å². The fraction of sp³-hybridized carbons (Fsp3) is 0.643. The van der Waals surface area contributed by atoms with Crippen LogP contribution in [0.2, 0.25) is 0 Å². The van der Waals surface area contributed by atoms with Gasteiger partial charge in [-0.3, -0.25) is 14.4 Å². The van der Waals surface area contributed by atoms with Gasteiger partial charge in [-0.05, 0) is 50.3 Å². The SMILES string of the molecule is CCCC(C)OC(=O)OCCN[C@@H](Cc1ccc(OC(=O)C(C)CC)c(OC(=O)C(C)CC)c1)C(=O)OC. The van der Waals surface area contributed by atoms with Crippen LogP contribution in [0.1, 0.15) is 72.8 Å². The van der Waals surface area contributed by atoms with E-state index < -0.39 is 30.1 Å². The second-order valence-electron chi connectivity index (χ2n) is 9.29. The molecular formula is C28H43NO9. The Kier molecular flexibility index (Phi) is 15.0. The van der Waals surface area contributed by atoms with Gasteiger partial charge in [0.25, 0.3) is 0 Å². The third kappa shape index (κ3) is 11.5. The summed E-state index contributed by atoms with van der Waals surface area (Å²) >= 11 is 0. The van der Waals surface area contributed by atoms with E-state index in [0.29, 0.717) is 18.4 Å². The van der Waals surface area contributed by atoms with Crippen molar-refractivity contribution < 1.29 is 42.9 Å². The molecule has 0 saturated carbocycles. The third-order valence-corrected chi connectivity index (χ3v) is 6.09. The van der Waals surface area contributed by atoms with Crippen LogP contribution in [-0.2, 0) is 35.0 Å². The molecule has 0 aliphatic heterocycles. The number of rotatable bonds is 16. The fourth-order valence-corrected chi connectivity index (χ4v) is 3.24. The lowest BCUT2D eigenvalue weighted by atomic mass is 10.0. The molecule has 4 atom stereocenters. The molecule has 38 heavy (non-hydrogen) atoms. The van der Waals surface area contributed by atoms with Gasteiger partial charge in [0.15, 0.2) is 11.5 Å². The molecule has 0 aromatic heterocycles. The molecule has 0 aliphatic carbocycles. The molecule has 0 amide bonds. The zero-order chi connectivity index (χ0) is 28.7. The standard InChI is InChI=1S/C28H43NO9/c1-8-11-20(6)36-28(33)35-15-14-29-22(27(32)34-7)16-21-12-13-23(37-25(30)18(4)9-2)24(17-21)38-26(31)19(5)10-3/h12-13,17-20,22,29H,8-11,14-16H2,1-7H3/t18?,19?,20?,22-/m0/s1. The van der Waals surface area contributed by atoms with E-state index in [0.717, 1.165) is 12.8 Å². The second-order valence-corrected chi connectivity index (χ2v) is 9.29. The molecule has 214 valence electrons. The number of hydrogen-bond donors (Lipinski definition) is 1. The van der Waals surface area contributed by atoms with E-state index in [4.69, 9.17) is 23.7 Å². The van der Waals surface area contributed by atoms with E-state index in [-0.39, 0.29) is 49.0 Å². The van der Waals surface area contributed by atoms with Gasteiger partial charge in [-0.25, -0.2) is 4.79 Å². The first-order chi connectivity index (χ1) is 18.1. The summed E-state index contributed by atoms with van der Waals surface area (Å²) in [6.45, 7) is 11.2. The Balaban J connectivity index is 2.96. The normalized spacial score (nSPS) is 14.0. The van der Waals surface area contributed by atoms with Crippen LogP contribution in [0.4, 0.5) is 4.79 Å². The number of benzene rings is 1. The van der Waals surface area contributed by atoms with E-state index in [9.17, 15) is 19.2 Å². The number of ether oxygens (including phenoxy) is 5. The molecule has 10 nitrogen and oxygen atoms in total. The highest BCUT2D eigenvalue weighted by Gasteiger charge is 2.23. The fourth-order valence-electron chi connectivity index (χ4n) is 3.24. The molecule has 0 saturated heterocycles. The molecular weight excluding hydrogens is 494 g/mol. The first kappa shape index (κ1) is 32.9. The van der Waals surface area contributed by atoms with Gasteiger partial charge >= 0.3 is 24.1 Å². The largest absolute Gasteiger partial charge is 0.508 e. The molecule has 0 heterocycles. The van der Waals surface area contributed by atoms with Crippen molar-refractivity contribution in [2.75, 3.05) is 20.3 Å². The number of nitrogens with one attached hydrogen (secondary N) is 1. The summed E-state index contributed by atoms with van der Waals surface area (Å²) in [5.74, 6) is -1.85.